The van der Waals surface area contributed by atoms with Gasteiger partial charge in [-0.2, -0.15) is 0 Å². The van der Waals surface area contributed by atoms with Crippen LogP contribution in [0.1, 0.15) is 17.2 Å². The number of rotatable bonds is 7. The van der Waals surface area contributed by atoms with Gasteiger partial charge in [0.25, 0.3) is 0 Å². The molecular formula is C20H23ClN4. The standard InChI is InChI=1S/C20H23ClN4/c1-24(2)20(18-5-3-4-6-19(18)21)14-23-13-16-7-9-17(10-8-16)25-12-11-22-15-25/h3-12,15,20,23H,13-14H2,1-2H3/t20-/m0/s1. The number of halogens is 1. The Bertz CT molecular complexity index is 782. The Morgan fingerprint density at radius 3 is 2.52 bits per heavy atom. The molecule has 1 N–H and O–H groups in total. The molecule has 0 amide bonds. The topological polar surface area (TPSA) is 33.1 Å². The Morgan fingerprint density at radius 2 is 1.88 bits per heavy atom. The summed E-state index contributed by atoms with van der Waals surface area (Å²) in [5.74, 6) is 0. The highest BCUT2D eigenvalue weighted by atomic mass is 35.5. The molecule has 130 valence electrons. The van der Waals surface area contributed by atoms with E-state index in [4.69, 9.17) is 11.6 Å². The second-order valence-corrected chi connectivity index (χ2v) is 6.68. The summed E-state index contributed by atoms with van der Waals surface area (Å²) in [6.07, 6.45) is 5.53. The number of imidazole rings is 1. The third kappa shape index (κ3) is 4.48. The van der Waals surface area contributed by atoms with Gasteiger partial charge in [0.1, 0.15) is 0 Å². The van der Waals surface area contributed by atoms with Crippen molar-refractivity contribution >= 4 is 11.6 Å². The molecule has 0 saturated heterocycles. The van der Waals surface area contributed by atoms with Gasteiger partial charge in [0.15, 0.2) is 0 Å². The van der Waals surface area contributed by atoms with Crippen LogP contribution in [0.2, 0.25) is 5.02 Å². The van der Waals surface area contributed by atoms with Crippen molar-refractivity contribution in [1.82, 2.24) is 19.8 Å². The zero-order valence-electron chi connectivity index (χ0n) is 14.6. The monoisotopic (exact) mass is 354 g/mol. The lowest BCUT2D eigenvalue weighted by Gasteiger charge is -2.26. The number of likely N-dealkylation sites (N-methyl/N-ethyl adjacent to an activating group) is 1. The second-order valence-electron chi connectivity index (χ2n) is 6.27. The van der Waals surface area contributed by atoms with Crippen molar-refractivity contribution in [1.29, 1.82) is 0 Å². The van der Waals surface area contributed by atoms with Crippen LogP contribution >= 0.6 is 11.6 Å². The largest absolute Gasteiger partial charge is 0.311 e. The summed E-state index contributed by atoms with van der Waals surface area (Å²) in [7, 11) is 4.16. The molecule has 25 heavy (non-hydrogen) atoms. The summed E-state index contributed by atoms with van der Waals surface area (Å²) in [6.45, 7) is 1.65. The highest BCUT2D eigenvalue weighted by molar-refractivity contribution is 6.31. The van der Waals surface area contributed by atoms with Gasteiger partial charge in [0.05, 0.1) is 6.33 Å². The molecule has 1 aromatic heterocycles. The van der Waals surface area contributed by atoms with Gasteiger partial charge in [0, 0.05) is 42.2 Å². The van der Waals surface area contributed by atoms with Gasteiger partial charge in [0.2, 0.25) is 0 Å². The van der Waals surface area contributed by atoms with Crippen molar-refractivity contribution in [3.8, 4) is 5.69 Å². The molecule has 3 rings (SSSR count). The quantitative estimate of drug-likeness (QED) is 0.698. The average Bonchev–Trinajstić information content (AvgIpc) is 3.14. The second kappa shape index (κ2) is 8.30. The number of aromatic nitrogens is 2. The number of hydrogen-bond acceptors (Lipinski definition) is 3. The van der Waals surface area contributed by atoms with Crippen LogP contribution in [0.3, 0.4) is 0 Å². The van der Waals surface area contributed by atoms with Crippen LogP contribution in [0.15, 0.2) is 67.3 Å². The van der Waals surface area contributed by atoms with Crippen LogP contribution in [0.4, 0.5) is 0 Å². The van der Waals surface area contributed by atoms with Crippen LogP contribution in [0, 0.1) is 0 Å². The number of hydrogen-bond donors (Lipinski definition) is 1. The minimum Gasteiger partial charge on any atom is -0.311 e. The number of nitrogens with zero attached hydrogens (tertiary/aromatic N) is 3. The summed E-state index contributed by atoms with van der Waals surface area (Å²) >= 11 is 6.36. The van der Waals surface area contributed by atoms with E-state index in [1.54, 1.807) is 12.5 Å². The molecule has 1 atom stereocenters. The Hall–Kier alpha value is -2.14. The van der Waals surface area contributed by atoms with Crippen molar-refractivity contribution in [3.05, 3.63) is 83.4 Å². The smallest absolute Gasteiger partial charge is 0.0991 e. The van der Waals surface area contributed by atoms with E-state index in [1.807, 2.05) is 29.0 Å². The Morgan fingerprint density at radius 1 is 1.12 bits per heavy atom. The molecule has 0 aliphatic heterocycles. The molecule has 0 aliphatic rings. The van der Waals surface area contributed by atoms with Gasteiger partial charge in [-0.3, -0.25) is 0 Å². The lowest BCUT2D eigenvalue weighted by Crippen LogP contribution is -2.31. The minimum atomic E-state index is 0.235. The van der Waals surface area contributed by atoms with Gasteiger partial charge < -0.3 is 14.8 Å². The summed E-state index contributed by atoms with van der Waals surface area (Å²) in [5, 5.41) is 4.36. The number of benzene rings is 2. The molecule has 5 heteroatoms. The summed E-state index contributed by atoms with van der Waals surface area (Å²) in [6, 6.07) is 16.8. The molecule has 0 saturated carbocycles. The SMILES string of the molecule is CN(C)[C@@H](CNCc1ccc(-n2ccnc2)cc1)c1ccccc1Cl. The average molecular weight is 355 g/mol. The molecule has 0 spiro atoms. The van der Waals surface area contributed by atoms with Crippen molar-refractivity contribution in [2.24, 2.45) is 0 Å². The highest BCUT2D eigenvalue weighted by Crippen LogP contribution is 2.25. The minimum absolute atomic E-state index is 0.235. The summed E-state index contributed by atoms with van der Waals surface area (Å²) < 4.78 is 2.00. The molecule has 0 bridgehead atoms. The first-order valence-corrected chi connectivity index (χ1v) is 8.72. The lowest BCUT2D eigenvalue weighted by atomic mass is 10.1. The van der Waals surface area contributed by atoms with Gasteiger partial charge in [-0.25, -0.2) is 4.98 Å². The molecule has 0 unspecified atom stereocenters. The van der Waals surface area contributed by atoms with Crippen LogP contribution in [-0.2, 0) is 6.54 Å². The molecule has 3 aromatic rings. The molecular weight excluding hydrogens is 332 g/mol. The van der Waals surface area contributed by atoms with E-state index >= 15 is 0 Å². The first-order chi connectivity index (χ1) is 12.1. The van der Waals surface area contributed by atoms with E-state index in [1.165, 1.54) is 5.56 Å². The number of nitrogens with one attached hydrogen (secondary N) is 1. The molecule has 4 nitrogen and oxygen atoms in total. The van der Waals surface area contributed by atoms with E-state index in [-0.39, 0.29) is 6.04 Å². The molecule has 2 aromatic carbocycles. The van der Waals surface area contributed by atoms with Crippen LogP contribution < -0.4 is 5.32 Å². The molecule has 0 radical (unpaired) electrons. The van der Waals surface area contributed by atoms with E-state index < -0.39 is 0 Å². The Balaban J connectivity index is 1.60. The van der Waals surface area contributed by atoms with Crippen molar-refractivity contribution in [2.75, 3.05) is 20.6 Å². The van der Waals surface area contributed by atoms with Gasteiger partial charge in [-0.1, -0.05) is 41.9 Å². The third-order valence-corrected chi connectivity index (χ3v) is 4.64. The van der Waals surface area contributed by atoms with Gasteiger partial charge in [-0.05, 0) is 43.4 Å². The zero-order valence-corrected chi connectivity index (χ0v) is 15.3. The Kier molecular flexibility index (Phi) is 5.87. The fraction of sp³-hybridized carbons (Fsp3) is 0.250. The fourth-order valence-electron chi connectivity index (χ4n) is 2.87. The van der Waals surface area contributed by atoms with Gasteiger partial charge in [-0.15, -0.1) is 0 Å². The normalized spacial score (nSPS) is 12.5. The highest BCUT2D eigenvalue weighted by Gasteiger charge is 2.16. The van der Waals surface area contributed by atoms with E-state index in [0.29, 0.717) is 0 Å². The predicted octanol–water partition coefficient (Wildman–Crippen LogP) is 3.92. The summed E-state index contributed by atoms with van der Waals surface area (Å²) in [4.78, 5) is 6.27. The maximum Gasteiger partial charge on any atom is 0.0991 e. The van der Waals surface area contributed by atoms with Crippen molar-refractivity contribution in [3.63, 3.8) is 0 Å². The first-order valence-electron chi connectivity index (χ1n) is 8.34. The molecule has 0 fully saturated rings. The van der Waals surface area contributed by atoms with Crippen molar-refractivity contribution < 1.29 is 0 Å². The maximum absolute atomic E-state index is 6.36. The zero-order chi connectivity index (χ0) is 17.6. The third-order valence-electron chi connectivity index (χ3n) is 4.29. The Labute approximate surface area is 154 Å². The molecule has 0 aliphatic carbocycles. The predicted molar refractivity (Wildman–Crippen MR) is 103 cm³/mol. The van der Waals surface area contributed by atoms with Gasteiger partial charge >= 0.3 is 0 Å². The summed E-state index contributed by atoms with van der Waals surface area (Å²) in [5.41, 5.74) is 3.51. The lowest BCUT2D eigenvalue weighted by molar-refractivity contribution is 0.288. The van der Waals surface area contributed by atoms with E-state index in [9.17, 15) is 0 Å². The van der Waals surface area contributed by atoms with Crippen LogP contribution in [-0.4, -0.2) is 35.1 Å². The van der Waals surface area contributed by atoms with E-state index in [2.05, 4.69) is 59.6 Å². The van der Waals surface area contributed by atoms with Crippen LogP contribution in [0.25, 0.3) is 5.69 Å². The molecule has 1 heterocycles. The fourth-order valence-corrected chi connectivity index (χ4v) is 3.13. The maximum atomic E-state index is 6.36. The van der Waals surface area contributed by atoms with Crippen LogP contribution in [0.5, 0.6) is 0 Å². The first kappa shape index (κ1) is 17.7. The van der Waals surface area contributed by atoms with E-state index in [0.717, 1.165) is 29.4 Å². The van der Waals surface area contributed by atoms with Crippen molar-refractivity contribution in [2.45, 2.75) is 12.6 Å².